The van der Waals surface area contributed by atoms with Crippen molar-refractivity contribution in [3.8, 4) is 23.8 Å². The minimum absolute atomic E-state index is 0.00130. The number of hydrogen-bond donors (Lipinski definition) is 9. The van der Waals surface area contributed by atoms with Crippen LogP contribution >= 0.6 is 24.6 Å². The van der Waals surface area contributed by atoms with Crippen molar-refractivity contribution in [1.82, 2.24) is 31.0 Å². The van der Waals surface area contributed by atoms with Gasteiger partial charge in [-0.1, -0.05) is 50.1 Å². The van der Waals surface area contributed by atoms with E-state index in [9.17, 15) is 39.3 Å². The van der Waals surface area contributed by atoms with Gasteiger partial charge in [0.25, 0.3) is 0 Å². The number of phenols is 2. The van der Waals surface area contributed by atoms with E-state index in [4.69, 9.17) is 6.42 Å². The Morgan fingerprint density at radius 3 is 2.27 bits per heavy atom. The molecule has 14 nitrogen and oxygen atoms in total. The van der Waals surface area contributed by atoms with Crippen LogP contribution in [0.2, 0.25) is 0 Å². The number of pyridine rings is 1. The smallest absolute Gasteiger partial charge is 0.326 e. The summed E-state index contributed by atoms with van der Waals surface area (Å²) in [5.74, 6) is -1.22. The van der Waals surface area contributed by atoms with Crippen LogP contribution in [0.5, 0.6) is 11.5 Å². The molecule has 0 aliphatic carbocycles. The molecule has 1 aromatic heterocycles. The highest BCUT2D eigenvalue weighted by molar-refractivity contribution is 7.97. The molecule has 0 aliphatic rings. The SMILES string of the molecule is C#CCCC(SN[C@@H](Cc1ccc(O)cc1)C(=O)NCC(=O)NCC(=O)NC(CS)C(=O)N[C@@H](CC(C)C)C(=O)O)c1ccc(O)c2ncccc12. The van der Waals surface area contributed by atoms with Crippen LogP contribution in [0.4, 0.5) is 0 Å². The molecule has 0 aliphatic heterocycles. The highest BCUT2D eigenvalue weighted by Gasteiger charge is 2.27. The number of amides is 4. The van der Waals surface area contributed by atoms with Crippen molar-refractivity contribution in [2.45, 2.75) is 62.9 Å². The van der Waals surface area contributed by atoms with Gasteiger partial charge in [0.05, 0.1) is 19.1 Å². The third kappa shape index (κ3) is 13.0. The average Bonchev–Trinajstić information content (AvgIpc) is 3.12. The highest BCUT2D eigenvalue weighted by atomic mass is 32.2. The van der Waals surface area contributed by atoms with Crippen LogP contribution in [-0.2, 0) is 30.4 Å². The number of rotatable bonds is 20. The summed E-state index contributed by atoms with van der Waals surface area (Å²) in [6, 6.07) is 10.2. The molecule has 3 rings (SSSR count). The van der Waals surface area contributed by atoms with Crippen LogP contribution in [0.25, 0.3) is 10.9 Å². The van der Waals surface area contributed by atoms with E-state index in [0.29, 0.717) is 18.4 Å². The summed E-state index contributed by atoms with van der Waals surface area (Å²) in [5, 5.41) is 39.8. The minimum Gasteiger partial charge on any atom is -0.508 e. The molecule has 4 atom stereocenters. The van der Waals surface area contributed by atoms with Gasteiger partial charge < -0.3 is 36.6 Å². The molecule has 4 amide bonds. The summed E-state index contributed by atoms with van der Waals surface area (Å²) in [6.07, 6.45) is 8.53. The van der Waals surface area contributed by atoms with Gasteiger partial charge in [0.15, 0.2) is 0 Å². The number of fused-ring (bicyclic) bond motifs is 1. The highest BCUT2D eigenvalue weighted by Crippen LogP contribution is 2.38. The lowest BCUT2D eigenvalue weighted by Crippen LogP contribution is -2.54. The Morgan fingerprint density at radius 1 is 0.904 bits per heavy atom. The first-order valence-corrected chi connectivity index (χ1v) is 18.0. The number of carboxylic acids is 1. The van der Waals surface area contributed by atoms with E-state index in [0.717, 1.165) is 16.5 Å². The molecule has 1 heterocycles. The van der Waals surface area contributed by atoms with Crippen molar-refractivity contribution in [3.05, 3.63) is 65.9 Å². The number of carbonyl (C=O) groups is 5. The van der Waals surface area contributed by atoms with E-state index in [-0.39, 0.29) is 41.3 Å². The molecule has 2 aromatic carbocycles. The van der Waals surface area contributed by atoms with Crippen LogP contribution in [-0.4, -0.2) is 86.9 Å². The number of terminal acetylenes is 1. The Hall–Kier alpha value is -4.98. The predicted molar refractivity (Wildman–Crippen MR) is 201 cm³/mol. The molecule has 0 fully saturated rings. The van der Waals surface area contributed by atoms with E-state index in [1.165, 1.54) is 24.1 Å². The number of hydrogen-bond acceptors (Lipinski definition) is 11. The minimum atomic E-state index is -1.20. The molecule has 2 unspecified atom stereocenters. The van der Waals surface area contributed by atoms with Crippen LogP contribution in [0.15, 0.2) is 54.7 Å². The van der Waals surface area contributed by atoms with Gasteiger partial charge in [-0.15, -0.1) is 12.3 Å². The van der Waals surface area contributed by atoms with Gasteiger partial charge in [-0.05, 0) is 60.6 Å². The quantitative estimate of drug-likeness (QED) is 0.0463. The Kier molecular flexibility index (Phi) is 16.5. The van der Waals surface area contributed by atoms with E-state index >= 15 is 0 Å². The maximum atomic E-state index is 13.5. The number of thiol groups is 1. The first kappa shape index (κ1) is 41.4. The van der Waals surface area contributed by atoms with Crippen molar-refractivity contribution in [2.24, 2.45) is 5.92 Å². The van der Waals surface area contributed by atoms with Gasteiger partial charge in [0, 0.05) is 29.0 Å². The molecule has 3 aromatic rings. The number of carbonyl (C=O) groups excluding carboxylic acids is 4. The maximum Gasteiger partial charge on any atom is 0.326 e. The van der Waals surface area contributed by atoms with Crippen molar-refractivity contribution >= 4 is 65.1 Å². The summed E-state index contributed by atoms with van der Waals surface area (Å²) >= 11 is 5.36. The van der Waals surface area contributed by atoms with Crippen LogP contribution in [0, 0.1) is 18.3 Å². The molecule has 0 saturated heterocycles. The number of aromatic nitrogens is 1. The zero-order valence-corrected chi connectivity index (χ0v) is 30.5. The average molecular weight is 753 g/mol. The Balaban J connectivity index is 1.63. The molecule has 52 heavy (non-hydrogen) atoms. The van der Waals surface area contributed by atoms with E-state index in [1.807, 2.05) is 19.9 Å². The van der Waals surface area contributed by atoms with Crippen LogP contribution in [0.1, 0.15) is 49.5 Å². The summed E-state index contributed by atoms with van der Waals surface area (Å²) < 4.78 is 3.23. The Labute approximate surface area is 311 Å². The number of carboxylic acid groups (broad SMARTS) is 1. The number of nitrogens with zero attached hydrogens (tertiary/aromatic N) is 1. The van der Waals surface area contributed by atoms with Gasteiger partial charge in [-0.25, -0.2) is 4.79 Å². The third-order valence-electron chi connectivity index (χ3n) is 7.75. The fourth-order valence-corrected chi connectivity index (χ4v) is 6.45. The summed E-state index contributed by atoms with van der Waals surface area (Å²) in [7, 11) is 0. The lowest BCUT2D eigenvalue weighted by atomic mass is 10.0. The molecule has 278 valence electrons. The number of nitrogens with one attached hydrogen (secondary N) is 5. The standard InChI is InChI=1S/C36H44N6O8S2/c1-4-5-8-30(24-13-14-29(44)33-25(24)7-6-15-37-33)52-42-26(17-22-9-11-23(43)12-10-22)34(47)39-18-31(45)38-19-32(46)40-28(20-51)35(48)41-27(36(49)50)16-21(2)3/h1,6-7,9-15,21,26-28,30,42-44,51H,5,8,16-20H2,2-3H3,(H,38,45)(H,39,47)(H,40,46)(H,41,48)(H,49,50)/t26-,27-,28?,30?/m0/s1. The second-order valence-electron chi connectivity index (χ2n) is 12.3. The maximum absolute atomic E-state index is 13.5. The van der Waals surface area contributed by atoms with Crippen molar-refractivity contribution in [3.63, 3.8) is 0 Å². The molecule has 0 saturated carbocycles. The summed E-state index contributed by atoms with van der Waals surface area (Å²) in [6.45, 7) is 2.64. The third-order valence-corrected chi connectivity index (χ3v) is 9.31. The van der Waals surface area contributed by atoms with Crippen molar-refractivity contribution in [1.29, 1.82) is 0 Å². The molecule has 0 spiro atoms. The van der Waals surface area contributed by atoms with Crippen LogP contribution < -0.4 is 26.0 Å². The zero-order valence-electron chi connectivity index (χ0n) is 28.8. The van der Waals surface area contributed by atoms with E-state index < -0.39 is 60.8 Å². The number of aliphatic carboxylic acids is 1. The fourth-order valence-electron chi connectivity index (χ4n) is 5.11. The monoisotopic (exact) mass is 752 g/mol. The second kappa shape index (κ2) is 20.8. The summed E-state index contributed by atoms with van der Waals surface area (Å²) in [5.41, 5.74) is 2.01. The molecule has 8 N–H and O–H groups in total. The molecular weight excluding hydrogens is 709 g/mol. The van der Waals surface area contributed by atoms with E-state index in [2.05, 4.69) is 49.5 Å². The number of aromatic hydroxyl groups is 2. The molecular formula is C36H44N6O8S2. The Bertz CT molecular complexity index is 1750. The van der Waals surface area contributed by atoms with E-state index in [1.54, 1.807) is 36.5 Å². The van der Waals surface area contributed by atoms with Crippen molar-refractivity contribution < 1.29 is 39.3 Å². The number of phenolic OH excluding ortho intramolecular Hbond substituents is 2. The zero-order chi connectivity index (χ0) is 38.2. The fraction of sp³-hybridized carbons (Fsp3) is 0.389. The number of benzene rings is 2. The lowest BCUT2D eigenvalue weighted by molar-refractivity contribution is -0.142. The normalized spacial score (nSPS) is 13.3. The van der Waals surface area contributed by atoms with Gasteiger partial charge in [0.2, 0.25) is 23.6 Å². The predicted octanol–water partition coefficient (Wildman–Crippen LogP) is 2.21. The lowest BCUT2D eigenvalue weighted by Gasteiger charge is -2.23. The Morgan fingerprint density at radius 2 is 1.62 bits per heavy atom. The van der Waals surface area contributed by atoms with Crippen LogP contribution in [0.3, 0.4) is 0 Å². The molecule has 16 heteroatoms. The topological polar surface area (TPSA) is 219 Å². The van der Waals surface area contributed by atoms with Gasteiger partial charge >= 0.3 is 5.97 Å². The van der Waals surface area contributed by atoms with Crippen molar-refractivity contribution in [2.75, 3.05) is 18.8 Å². The first-order chi connectivity index (χ1) is 24.8. The van der Waals surface area contributed by atoms with Gasteiger partial charge in [-0.2, -0.15) is 12.6 Å². The second-order valence-corrected chi connectivity index (χ2v) is 13.7. The van der Waals surface area contributed by atoms with Gasteiger partial charge in [0.1, 0.15) is 29.1 Å². The van der Waals surface area contributed by atoms with Gasteiger partial charge in [-0.3, -0.25) is 28.9 Å². The molecule has 0 radical (unpaired) electrons. The largest absolute Gasteiger partial charge is 0.508 e. The molecule has 0 bridgehead atoms. The first-order valence-electron chi connectivity index (χ1n) is 16.5. The summed E-state index contributed by atoms with van der Waals surface area (Å²) in [4.78, 5) is 67.1.